The van der Waals surface area contributed by atoms with Crippen LogP contribution in [0.4, 0.5) is 0 Å². The fourth-order valence-electron chi connectivity index (χ4n) is 1.15. The van der Waals surface area contributed by atoms with Crippen molar-refractivity contribution in [2.75, 3.05) is 0 Å². The molecule has 0 atom stereocenters. The van der Waals surface area contributed by atoms with Crippen molar-refractivity contribution in [3.63, 3.8) is 0 Å². The quantitative estimate of drug-likeness (QED) is 0.460. The molecule has 0 aliphatic heterocycles. The maximum Gasteiger partial charge on any atom is -0.0166 e. The van der Waals surface area contributed by atoms with Gasteiger partial charge in [0.05, 0.1) is 0 Å². The zero-order valence-electron chi connectivity index (χ0n) is 7.00. The molecule has 1 aliphatic carbocycles. The van der Waals surface area contributed by atoms with Crippen molar-refractivity contribution < 1.29 is 0 Å². The fourth-order valence-corrected chi connectivity index (χ4v) is 1.15. The van der Waals surface area contributed by atoms with Crippen LogP contribution in [0.2, 0.25) is 0 Å². The summed E-state index contributed by atoms with van der Waals surface area (Å²) in [5, 5.41) is 0. The highest BCUT2D eigenvalue weighted by Crippen LogP contribution is 2.03. The predicted octanol–water partition coefficient (Wildman–Crippen LogP) is 3.62. The van der Waals surface area contributed by atoms with Gasteiger partial charge in [0.2, 0.25) is 0 Å². The third-order valence-corrected chi connectivity index (χ3v) is 1.81. The van der Waals surface area contributed by atoms with Gasteiger partial charge in [0.25, 0.3) is 0 Å². The molecule has 0 radical (unpaired) electrons. The SMILES string of the molecule is C1=C\C/C=C/CCCC/C=C/1. The summed E-state index contributed by atoms with van der Waals surface area (Å²) in [5.74, 6) is 0. The van der Waals surface area contributed by atoms with Crippen molar-refractivity contribution >= 4 is 0 Å². The molecule has 1 rings (SSSR count). The number of hydrogen-bond donors (Lipinski definition) is 0. The summed E-state index contributed by atoms with van der Waals surface area (Å²) in [6.45, 7) is 0. The minimum atomic E-state index is 1.09. The smallest absolute Gasteiger partial charge is 0.0166 e. The lowest BCUT2D eigenvalue weighted by atomic mass is 10.2. The summed E-state index contributed by atoms with van der Waals surface area (Å²) >= 11 is 0. The van der Waals surface area contributed by atoms with E-state index in [0.717, 1.165) is 6.42 Å². The average Bonchev–Trinajstić information content (AvgIpc) is 2.08. The van der Waals surface area contributed by atoms with E-state index in [1.807, 2.05) is 0 Å². The van der Waals surface area contributed by atoms with E-state index < -0.39 is 0 Å². The van der Waals surface area contributed by atoms with Crippen LogP contribution in [0, 0.1) is 0 Å². The minimum Gasteiger partial charge on any atom is -0.0882 e. The molecule has 0 unspecified atom stereocenters. The Hall–Kier alpha value is -0.780. The fraction of sp³-hybridized carbons (Fsp3) is 0.455. The van der Waals surface area contributed by atoms with Crippen LogP contribution in [0.3, 0.4) is 0 Å². The van der Waals surface area contributed by atoms with E-state index in [1.165, 1.54) is 25.7 Å². The Balaban J connectivity index is 2.35. The van der Waals surface area contributed by atoms with Gasteiger partial charge in [0, 0.05) is 0 Å². The molecule has 0 bridgehead atoms. The van der Waals surface area contributed by atoms with Crippen molar-refractivity contribution in [1.82, 2.24) is 0 Å². The molecule has 0 heterocycles. The van der Waals surface area contributed by atoms with Gasteiger partial charge in [-0.05, 0) is 32.1 Å². The lowest BCUT2D eigenvalue weighted by molar-refractivity contribution is 0.761. The summed E-state index contributed by atoms with van der Waals surface area (Å²) < 4.78 is 0. The first-order valence-corrected chi connectivity index (χ1v) is 4.47. The topological polar surface area (TPSA) is 0 Å². The molecule has 11 heavy (non-hydrogen) atoms. The van der Waals surface area contributed by atoms with Gasteiger partial charge < -0.3 is 0 Å². The second-order valence-corrected chi connectivity index (χ2v) is 2.85. The molecule has 0 saturated heterocycles. The molecule has 0 aromatic carbocycles. The summed E-state index contributed by atoms with van der Waals surface area (Å²) in [6, 6.07) is 0. The van der Waals surface area contributed by atoms with Crippen LogP contribution in [0.25, 0.3) is 0 Å². The number of allylic oxidation sites excluding steroid dienone is 6. The maximum absolute atomic E-state index is 2.29. The number of hydrogen-bond acceptors (Lipinski definition) is 0. The van der Waals surface area contributed by atoms with Crippen LogP contribution in [0.1, 0.15) is 32.1 Å². The molecule has 0 amide bonds. The molecular formula is C11H16. The first-order chi connectivity index (χ1) is 5.50. The minimum absolute atomic E-state index is 1.09. The van der Waals surface area contributed by atoms with Crippen LogP contribution in [-0.2, 0) is 0 Å². The van der Waals surface area contributed by atoms with Gasteiger partial charge in [-0.2, -0.15) is 0 Å². The summed E-state index contributed by atoms with van der Waals surface area (Å²) in [6.07, 6.45) is 19.5. The van der Waals surface area contributed by atoms with Crippen LogP contribution in [0.15, 0.2) is 36.5 Å². The van der Waals surface area contributed by atoms with Crippen LogP contribution < -0.4 is 0 Å². The zero-order valence-corrected chi connectivity index (χ0v) is 7.00. The van der Waals surface area contributed by atoms with Gasteiger partial charge in [-0.15, -0.1) is 0 Å². The summed E-state index contributed by atoms with van der Waals surface area (Å²) in [4.78, 5) is 0. The van der Waals surface area contributed by atoms with Gasteiger partial charge in [0.15, 0.2) is 0 Å². The molecule has 0 saturated carbocycles. The van der Waals surface area contributed by atoms with Crippen molar-refractivity contribution in [2.45, 2.75) is 32.1 Å². The molecule has 0 N–H and O–H groups in total. The molecule has 0 nitrogen and oxygen atoms in total. The molecule has 0 spiro atoms. The third-order valence-electron chi connectivity index (χ3n) is 1.81. The van der Waals surface area contributed by atoms with Gasteiger partial charge >= 0.3 is 0 Å². The van der Waals surface area contributed by atoms with E-state index >= 15 is 0 Å². The Morgan fingerprint density at radius 3 is 2.27 bits per heavy atom. The first kappa shape index (κ1) is 8.32. The Morgan fingerprint density at radius 1 is 0.636 bits per heavy atom. The van der Waals surface area contributed by atoms with E-state index in [9.17, 15) is 0 Å². The molecule has 0 aromatic rings. The average molecular weight is 148 g/mol. The molecule has 1 aliphatic rings. The highest BCUT2D eigenvalue weighted by atomic mass is 13.9. The molecular weight excluding hydrogens is 132 g/mol. The van der Waals surface area contributed by atoms with Gasteiger partial charge in [-0.3, -0.25) is 0 Å². The molecule has 0 heteroatoms. The Labute approximate surface area is 69.3 Å². The third kappa shape index (κ3) is 4.60. The van der Waals surface area contributed by atoms with E-state index in [2.05, 4.69) is 36.5 Å². The largest absolute Gasteiger partial charge is 0.0882 e. The predicted molar refractivity (Wildman–Crippen MR) is 50.5 cm³/mol. The van der Waals surface area contributed by atoms with Crippen LogP contribution in [0.5, 0.6) is 0 Å². The van der Waals surface area contributed by atoms with Gasteiger partial charge in [0.1, 0.15) is 0 Å². The Morgan fingerprint density at radius 2 is 1.36 bits per heavy atom. The molecule has 0 fully saturated rings. The summed E-state index contributed by atoms with van der Waals surface area (Å²) in [7, 11) is 0. The van der Waals surface area contributed by atoms with Crippen LogP contribution in [-0.4, -0.2) is 0 Å². The van der Waals surface area contributed by atoms with Crippen molar-refractivity contribution in [3.8, 4) is 0 Å². The number of rotatable bonds is 0. The standard InChI is InChI=1S/C11H16/c1-2-4-6-8-10-11-9-7-5-3-1/h1-4,7,9H,5-6,8,10-11H2/b3-1-,4-2+,9-7+. The van der Waals surface area contributed by atoms with Gasteiger partial charge in [-0.25, -0.2) is 0 Å². The zero-order chi connectivity index (χ0) is 7.78. The first-order valence-electron chi connectivity index (χ1n) is 4.47. The van der Waals surface area contributed by atoms with Crippen molar-refractivity contribution in [3.05, 3.63) is 36.5 Å². The normalized spacial score (nSPS) is 28.4. The maximum atomic E-state index is 2.29. The lowest BCUT2D eigenvalue weighted by Gasteiger charge is -1.90. The van der Waals surface area contributed by atoms with Crippen molar-refractivity contribution in [1.29, 1.82) is 0 Å². The Bertz CT molecular complexity index is 161. The highest BCUT2D eigenvalue weighted by molar-refractivity contribution is 5.05. The van der Waals surface area contributed by atoms with Gasteiger partial charge in [-0.1, -0.05) is 36.5 Å². The molecule has 60 valence electrons. The second kappa shape index (κ2) is 5.96. The van der Waals surface area contributed by atoms with E-state index in [4.69, 9.17) is 0 Å². The molecule has 0 aromatic heterocycles. The van der Waals surface area contributed by atoms with Crippen molar-refractivity contribution in [2.24, 2.45) is 0 Å². The lowest BCUT2D eigenvalue weighted by Crippen LogP contribution is -1.71. The summed E-state index contributed by atoms with van der Waals surface area (Å²) in [5.41, 5.74) is 0. The van der Waals surface area contributed by atoms with E-state index in [1.54, 1.807) is 0 Å². The Kier molecular flexibility index (Phi) is 4.51. The monoisotopic (exact) mass is 148 g/mol. The van der Waals surface area contributed by atoms with E-state index in [0.29, 0.717) is 0 Å². The highest BCUT2D eigenvalue weighted by Gasteiger charge is 1.83. The van der Waals surface area contributed by atoms with E-state index in [-0.39, 0.29) is 0 Å². The second-order valence-electron chi connectivity index (χ2n) is 2.85. The van der Waals surface area contributed by atoms with Crippen LogP contribution >= 0.6 is 0 Å².